The molecular weight excluding hydrogens is 492 g/mol. The van der Waals surface area contributed by atoms with Crippen molar-refractivity contribution in [1.82, 2.24) is 10.9 Å². The number of amides is 2. The minimum absolute atomic E-state index is 0.0166. The zero-order chi connectivity index (χ0) is 28.1. The number of rotatable bonds is 20. The Balaban J connectivity index is 1.52. The molecule has 7 nitrogen and oxygen atoms in total. The lowest BCUT2D eigenvalue weighted by molar-refractivity contribution is 0.0843. The first-order valence-corrected chi connectivity index (χ1v) is 14.9. The molecule has 7 heteroatoms. The van der Waals surface area contributed by atoms with Crippen LogP contribution in [0.5, 0.6) is 17.2 Å². The maximum atomic E-state index is 12.5. The minimum Gasteiger partial charge on any atom is -0.507 e. The van der Waals surface area contributed by atoms with E-state index in [2.05, 4.69) is 17.8 Å². The second kappa shape index (κ2) is 19.8. The number of phenols is 2. The molecule has 2 aromatic rings. The first-order chi connectivity index (χ1) is 19.0. The van der Waals surface area contributed by atoms with Crippen LogP contribution in [0.3, 0.4) is 0 Å². The molecular formula is C32H48N2O5. The fourth-order valence-corrected chi connectivity index (χ4v) is 4.54. The van der Waals surface area contributed by atoms with Crippen LogP contribution in [0.4, 0.5) is 0 Å². The van der Waals surface area contributed by atoms with Crippen molar-refractivity contribution in [3.05, 3.63) is 53.6 Å². The Hall–Kier alpha value is -3.22. The molecule has 0 radical (unpaired) electrons. The van der Waals surface area contributed by atoms with Gasteiger partial charge in [-0.2, -0.15) is 0 Å². The third kappa shape index (κ3) is 13.4. The predicted molar refractivity (Wildman–Crippen MR) is 156 cm³/mol. The average molecular weight is 541 g/mol. The number of hydrazine groups is 1. The summed E-state index contributed by atoms with van der Waals surface area (Å²) in [6.07, 6.45) is 21.0. The minimum atomic E-state index is -0.691. The van der Waals surface area contributed by atoms with Crippen LogP contribution in [-0.2, 0) is 0 Å². The van der Waals surface area contributed by atoms with E-state index in [0.717, 1.165) is 12.8 Å². The molecule has 39 heavy (non-hydrogen) atoms. The van der Waals surface area contributed by atoms with Gasteiger partial charge in [0.05, 0.1) is 17.7 Å². The van der Waals surface area contributed by atoms with E-state index in [1.54, 1.807) is 18.2 Å². The molecule has 0 unspecified atom stereocenters. The number of carbonyl (C=O) groups excluding carboxylic acids is 2. The zero-order valence-corrected chi connectivity index (χ0v) is 23.7. The summed E-state index contributed by atoms with van der Waals surface area (Å²) in [5.41, 5.74) is 4.50. The first kappa shape index (κ1) is 32.0. The molecule has 0 aromatic heterocycles. The van der Waals surface area contributed by atoms with Gasteiger partial charge < -0.3 is 14.9 Å². The summed E-state index contributed by atoms with van der Waals surface area (Å²) in [6.45, 7) is 2.80. The van der Waals surface area contributed by atoms with E-state index in [4.69, 9.17) is 4.74 Å². The number of ether oxygens (including phenoxy) is 1. The lowest BCUT2D eigenvalue weighted by atomic mass is 10.0. The van der Waals surface area contributed by atoms with E-state index in [1.807, 2.05) is 0 Å². The molecule has 0 bridgehead atoms. The van der Waals surface area contributed by atoms with Crippen molar-refractivity contribution in [3.8, 4) is 17.2 Å². The average Bonchev–Trinajstić information content (AvgIpc) is 2.94. The Morgan fingerprint density at radius 2 is 1.08 bits per heavy atom. The highest BCUT2D eigenvalue weighted by Crippen LogP contribution is 2.23. The third-order valence-electron chi connectivity index (χ3n) is 6.92. The summed E-state index contributed by atoms with van der Waals surface area (Å²) in [6, 6.07) is 10.5. The molecule has 216 valence electrons. The predicted octanol–water partition coefficient (Wildman–Crippen LogP) is 7.81. The molecule has 0 heterocycles. The Labute approximate surface area is 234 Å². The molecule has 4 N–H and O–H groups in total. The third-order valence-corrected chi connectivity index (χ3v) is 6.92. The van der Waals surface area contributed by atoms with Gasteiger partial charge in [-0.25, -0.2) is 0 Å². The molecule has 0 aliphatic heterocycles. The van der Waals surface area contributed by atoms with Crippen molar-refractivity contribution in [1.29, 1.82) is 0 Å². The molecule has 2 aromatic carbocycles. The molecule has 0 spiro atoms. The Bertz CT molecular complexity index is 979. The van der Waals surface area contributed by atoms with Crippen LogP contribution >= 0.6 is 0 Å². The van der Waals surface area contributed by atoms with Crippen molar-refractivity contribution in [2.45, 2.75) is 110 Å². The van der Waals surface area contributed by atoms with Crippen LogP contribution in [0.25, 0.3) is 0 Å². The van der Waals surface area contributed by atoms with Crippen LogP contribution < -0.4 is 15.6 Å². The number of para-hydroxylation sites is 1. The van der Waals surface area contributed by atoms with Crippen molar-refractivity contribution < 1.29 is 24.5 Å². The topological polar surface area (TPSA) is 108 Å². The van der Waals surface area contributed by atoms with E-state index in [-0.39, 0.29) is 22.6 Å². The summed E-state index contributed by atoms with van der Waals surface area (Å²) in [4.78, 5) is 24.6. The lowest BCUT2D eigenvalue weighted by Gasteiger charge is -2.11. The number of hydrogen-bond acceptors (Lipinski definition) is 5. The van der Waals surface area contributed by atoms with Crippen LogP contribution in [0.15, 0.2) is 42.5 Å². The second-order valence-electron chi connectivity index (χ2n) is 10.3. The van der Waals surface area contributed by atoms with Gasteiger partial charge in [-0.3, -0.25) is 20.4 Å². The van der Waals surface area contributed by atoms with Crippen LogP contribution in [0.2, 0.25) is 0 Å². The largest absolute Gasteiger partial charge is 0.507 e. The SMILES string of the molecule is CCCCCCCCCCCCCCCCCCOc1ccc(O)c(C(=O)NNC(=O)c2ccccc2O)c1. The summed E-state index contributed by atoms with van der Waals surface area (Å²) in [7, 11) is 0. The molecule has 0 aliphatic rings. The highest BCUT2D eigenvalue weighted by Gasteiger charge is 2.15. The number of hydrogen-bond donors (Lipinski definition) is 4. The van der Waals surface area contributed by atoms with Crippen molar-refractivity contribution in [3.63, 3.8) is 0 Å². The summed E-state index contributed by atoms with van der Waals surface area (Å²) in [5.74, 6) is -1.30. The summed E-state index contributed by atoms with van der Waals surface area (Å²) in [5, 5.41) is 19.8. The molecule has 0 aliphatic carbocycles. The molecule has 2 rings (SSSR count). The van der Waals surface area contributed by atoms with E-state index in [0.29, 0.717) is 12.4 Å². The van der Waals surface area contributed by atoms with Gasteiger partial charge in [0.2, 0.25) is 0 Å². The van der Waals surface area contributed by atoms with Gasteiger partial charge in [-0.15, -0.1) is 0 Å². The van der Waals surface area contributed by atoms with Crippen molar-refractivity contribution in [2.75, 3.05) is 6.61 Å². The van der Waals surface area contributed by atoms with Gasteiger partial charge in [0.1, 0.15) is 17.2 Å². The van der Waals surface area contributed by atoms with E-state index < -0.39 is 11.8 Å². The van der Waals surface area contributed by atoms with Gasteiger partial charge in [0.25, 0.3) is 11.8 Å². The monoisotopic (exact) mass is 540 g/mol. The van der Waals surface area contributed by atoms with Gasteiger partial charge in [-0.1, -0.05) is 115 Å². The van der Waals surface area contributed by atoms with E-state index >= 15 is 0 Å². The van der Waals surface area contributed by atoms with Gasteiger partial charge >= 0.3 is 0 Å². The number of benzene rings is 2. The zero-order valence-electron chi connectivity index (χ0n) is 23.7. The molecule has 2 amide bonds. The van der Waals surface area contributed by atoms with Crippen molar-refractivity contribution in [2.24, 2.45) is 0 Å². The van der Waals surface area contributed by atoms with Crippen molar-refractivity contribution >= 4 is 11.8 Å². The number of phenolic OH excluding ortho intramolecular Hbond substituents is 2. The first-order valence-electron chi connectivity index (χ1n) is 14.9. The van der Waals surface area contributed by atoms with Crippen LogP contribution in [0, 0.1) is 0 Å². The maximum Gasteiger partial charge on any atom is 0.273 e. The number of aromatic hydroxyl groups is 2. The van der Waals surface area contributed by atoms with Crippen LogP contribution in [-0.4, -0.2) is 28.6 Å². The lowest BCUT2D eigenvalue weighted by Crippen LogP contribution is -2.41. The van der Waals surface area contributed by atoms with Gasteiger partial charge in [0.15, 0.2) is 0 Å². The summed E-state index contributed by atoms with van der Waals surface area (Å²) >= 11 is 0. The fourth-order valence-electron chi connectivity index (χ4n) is 4.54. The maximum absolute atomic E-state index is 12.5. The molecule has 0 atom stereocenters. The number of unbranched alkanes of at least 4 members (excludes halogenated alkanes) is 15. The summed E-state index contributed by atoms with van der Waals surface area (Å²) < 4.78 is 5.77. The second-order valence-corrected chi connectivity index (χ2v) is 10.3. The van der Waals surface area contributed by atoms with Crippen LogP contribution in [0.1, 0.15) is 130 Å². The smallest absolute Gasteiger partial charge is 0.273 e. The Morgan fingerprint density at radius 3 is 1.62 bits per heavy atom. The molecule has 0 fully saturated rings. The normalized spacial score (nSPS) is 10.8. The molecule has 0 saturated heterocycles. The number of nitrogens with one attached hydrogen (secondary N) is 2. The highest BCUT2D eigenvalue weighted by molar-refractivity contribution is 6.01. The number of carbonyl (C=O) groups is 2. The quantitative estimate of drug-likeness (QED) is 0.101. The molecule has 0 saturated carbocycles. The Kier molecular flexibility index (Phi) is 16.2. The van der Waals surface area contributed by atoms with Gasteiger partial charge in [0, 0.05) is 0 Å². The van der Waals surface area contributed by atoms with Gasteiger partial charge in [-0.05, 0) is 36.8 Å². The standard InChI is InChI=1S/C32H48N2O5/c1-2-3-4-5-6-7-8-9-10-11-12-13-14-15-16-19-24-39-26-22-23-30(36)28(25-26)32(38)34-33-31(37)27-20-17-18-21-29(27)35/h17-18,20-23,25,35-36H,2-16,19,24H2,1H3,(H,33,37)(H,34,38). The van der Waals surface area contributed by atoms with E-state index in [9.17, 15) is 19.8 Å². The highest BCUT2D eigenvalue weighted by atomic mass is 16.5. The fraction of sp³-hybridized carbons (Fsp3) is 0.562. The van der Waals surface area contributed by atoms with E-state index in [1.165, 1.54) is 114 Å². The Morgan fingerprint density at radius 1 is 0.615 bits per heavy atom.